The largest absolute Gasteiger partial charge is 0.310 e. The van der Waals surface area contributed by atoms with Gasteiger partial charge in [-0.1, -0.05) is 13.0 Å². The maximum absolute atomic E-state index is 13.9. The van der Waals surface area contributed by atoms with E-state index in [1.54, 1.807) is 11.3 Å². The van der Waals surface area contributed by atoms with Gasteiger partial charge in [0.2, 0.25) is 0 Å². The predicted molar refractivity (Wildman–Crippen MR) is 84.6 cm³/mol. The highest BCUT2D eigenvalue weighted by Crippen LogP contribution is 2.24. The monoisotopic (exact) mass is 309 g/mol. The van der Waals surface area contributed by atoms with Crippen LogP contribution in [0.5, 0.6) is 0 Å². The average Bonchev–Trinajstić information content (AvgIpc) is 2.99. The van der Waals surface area contributed by atoms with Crippen LogP contribution in [0.4, 0.5) is 8.78 Å². The summed E-state index contributed by atoms with van der Waals surface area (Å²) in [5.41, 5.74) is 0.439. The first-order valence-electron chi connectivity index (χ1n) is 7.41. The molecule has 0 aliphatic heterocycles. The zero-order valence-electron chi connectivity index (χ0n) is 12.2. The molecule has 0 bridgehead atoms. The van der Waals surface area contributed by atoms with E-state index >= 15 is 0 Å². The van der Waals surface area contributed by atoms with Crippen molar-refractivity contribution in [2.75, 3.05) is 6.54 Å². The molecule has 21 heavy (non-hydrogen) atoms. The van der Waals surface area contributed by atoms with Crippen LogP contribution in [0.15, 0.2) is 35.7 Å². The van der Waals surface area contributed by atoms with Gasteiger partial charge in [-0.3, -0.25) is 0 Å². The lowest BCUT2D eigenvalue weighted by molar-refractivity contribution is 0.458. The van der Waals surface area contributed by atoms with E-state index in [0.717, 1.165) is 32.2 Å². The molecule has 1 aromatic heterocycles. The summed E-state index contributed by atoms with van der Waals surface area (Å²) in [6.45, 7) is 2.87. The minimum atomic E-state index is -0.382. The van der Waals surface area contributed by atoms with Crippen molar-refractivity contribution in [1.29, 1.82) is 0 Å². The van der Waals surface area contributed by atoms with Crippen LogP contribution in [0.3, 0.4) is 0 Å². The number of hydrogen-bond acceptors (Lipinski definition) is 2. The Morgan fingerprint density at radius 2 is 2.10 bits per heavy atom. The van der Waals surface area contributed by atoms with Crippen LogP contribution in [-0.2, 0) is 6.42 Å². The Labute approximate surface area is 129 Å². The highest BCUT2D eigenvalue weighted by atomic mass is 32.1. The van der Waals surface area contributed by atoms with E-state index in [2.05, 4.69) is 23.7 Å². The van der Waals surface area contributed by atoms with E-state index in [1.165, 1.54) is 23.1 Å². The molecule has 1 heterocycles. The fourth-order valence-corrected chi connectivity index (χ4v) is 3.15. The molecule has 0 saturated heterocycles. The zero-order chi connectivity index (χ0) is 15.1. The maximum atomic E-state index is 13.9. The second-order valence-electron chi connectivity index (χ2n) is 5.14. The van der Waals surface area contributed by atoms with E-state index < -0.39 is 0 Å². The summed E-state index contributed by atoms with van der Waals surface area (Å²) < 4.78 is 27.3. The Balaban J connectivity index is 2.01. The molecule has 0 amide bonds. The predicted octanol–water partition coefficient (Wildman–Crippen LogP) is 5.09. The molecule has 4 heteroatoms. The molecule has 0 aliphatic carbocycles. The Bertz CT molecular complexity index is 540. The van der Waals surface area contributed by atoms with Crippen molar-refractivity contribution < 1.29 is 8.78 Å². The fraction of sp³-hybridized carbons (Fsp3) is 0.412. The average molecular weight is 309 g/mol. The first-order chi connectivity index (χ1) is 10.2. The number of aryl methyl sites for hydroxylation is 1. The Morgan fingerprint density at radius 1 is 1.24 bits per heavy atom. The summed E-state index contributed by atoms with van der Waals surface area (Å²) >= 11 is 1.74. The van der Waals surface area contributed by atoms with E-state index in [-0.39, 0.29) is 17.7 Å². The molecule has 2 rings (SSSR count). The third kappa shape index (κ3) is 4.90. The Morgan fingerprint density at radius 3 is 2.81 bits per heavy atom. The second kappa shape index (κ2) is 8.25. The molecular formula is C17H21F2NS. The minimum absolute atomic E-state index is 0.124. The van der Waals surface area contributed by atoms with E-state index in [0.29, 0.717) is 5.56 Å². The van der Waals surface area contributed by atoms with E-state index in [1.807, 2.05) is 6.07 Å². The summed E-state index contributed by atoms with van der Waals surface area (Å²) in [6, 6.07) is 7.72. The molecular weight excluding hydrogens is 288 g/mol. The van der Waals surface area contributed by atoms with Crippen molar-refractivity contribution in [1.82, 2.24) is 5.32 Å². The molecule has 114 valence electrons. The van der Waals surface area contributed by atoms with Crippen LogP contribution in [0.1, 0.15) is 42.7 Å². The highest BCUT2D eigenvalue weighted by molar-refractivity contribution is 7.09. The SMILES string of the molecule is CCCNC(CCCc1cccs1)c1cc(F)ccc1F. The minimum Gasteiger partial charge on any atom is -0.310 e. The molecule has 2 aromatic rings. The molecule has 0 saturated carbocycles. The molecule has 0 fully saturated rings. The van der Waals surface area contributed by atoms with Crippen molar-refractivity contribution in [2.24, 2.45) is 0 Å². The number of benzene rings is 1. The van der Waals surface area contributed by atoms with E-state index in [9.17, 15) is 8.78 Å². The van der Waals surface area contributed by atoms with Crippen LogP contribution in [0.25, 0.3) is 0 Å². The fourth-order valence-electron chi connectivity index (χ4n) is 2.40. The number of hydrogen-bond donors (Lipinski definition) is 1. The number of thiophene rings is 1. The van der Waals surface area contributed by atoms with E-state index in [4.69, 9.17) is 0 Å². The van der Waals surface area contributed by atoms with Crippen LogP contribution >= 0.6 is 11.3 Å². The quantitative estimate of drug-likeness (QED) is 0.716. The second-order valence-corrected chi connectivity index (χ2v) is 6.18. The number of halogens is 2. The van der Waals surface area contributed by atoms with Gasteiger partial charge in [-0.15, -0.1) is 11.3 Å². The summed E-state index contributed by atoms with van der Waals surface area (Å²) in [5, 5.41) is 5.39. The van der Waals surface area contributed by atoms with Gasteiger partial charge in [0.25, 0.3) is 0 Å². The van der Waals surface area contributed by atoms with Crippen LogP contribution in [-0.4, -0.2) is 6.54 Å². The number of rotatable bonds is 8. The molecule has 1 N–H and O–H groups in total. The highest BCUT2D eigenvalue weighted by Gasteiger charge is 2.16. The standard InChI is InChI=1S/C17H21F2NS/c1-2-10-20-17(7-3-5-14-6-4-11-21-14)15-12-13(18)8-9-16(15)19/h4,6,8-9,11-12,17,20H,2-3,5,7,10H2,1H3. The summed E-state index contributed by atoms with van der Waals surface area (Å²) in [4.78, 5) is 1.34. The Kier molecular flexibility index (Phi) is 6.33. The lowest BCUT2D eigenvalue weighted by atomic mass is 9.99. The molecule has 0 aliphatic rings. The van der Waals surface area contributed by atoms with Gasteiger partial charge in [-0.25, -0.2) is 8.78 Å². The molecule has 1 aromatic carbocycles. The molecule has 1 nitrogen and oxygen atoms in total. The molecule has 0 radical (unpaired) electrons. The van der Waals surface area contributed by atoms with Gasteiger partial charge in [-0.2, -0.15) is 0 Å². The van der Waals surface area contributed by atoms with Crippen molar-refractivity contribution in [3.8, 4) is 0 Å². The number of nitrogens with one attached hydrogen (secondary N) is 1. The first kappa shape index (κ1) is 16.1. The zero-order valence-corrected chi connectivity index (χ0v) is 13.1. The maximum Gasteiger partial charge on any atom is 0.128 e. The van der Waals surface area contributed by atoms with Crippen molar-refractivity contribution >= 4 is 11.3 Å². The van der Waals surface area contributed by atoms with Gasteiger partial charge in [-0.05, 0) is 61.9 Å². The van der Waals surface area contributed by atoms with Crippen LogP contribution in [0, 0.1) is 11.6 Å². The summed E-state index contributed by atoms with van der Waals surface area (Å²) in [7, 11) is 0. The molecule has 1 unspecified atom stereocenters. The van der Waals surface area contributed by atoms with Crippen LogP contribution < -0.4 is 5.32 Å². The molecule has 0 spiro atoms. The van der Waals surface area contributed by atoms with Crippen molar-refractivity contribution in [3.05, 3.63) is 57.8 Å². The smallest absolute Gasteiger partial charge is 0.128 e. The lowest BCUT2D eigenvalue weighted by Gasteiger charge is -2.19. The topological polar surface area (TPSA) is 12.0 Å². The normalized spacial score (nSPS) is 12.5. The van der Waals surface area contributed by atoms with Crippen molar-refractivity contribution in [2.45, 2.75) is 38.6 Å². The summed E-state index contributed by atoms with van der Waals surface area (Å²) in [5.74, 6) is -0.714. The van der Waals surface area contributed by atoms with Gasteiger partial charge in [0.1, 0.15) is 11.6 Å². The first-order valence-corrected chi connectivity index (χ1v) is 8.29. The Hall–Kier alpha value is -1.26. The van der Waals surface area contributed by atoms with Gasteiger partial charge in [0.05, 0.1) is 0 Å². The van der Waals surface area contributed by atoms with Crippen molar-refractivity contribution in [3.63, 3.8) is 0 Å². The third-order valence-electron chi connectivity index (χ3n) is 3.47. The van der Waals surface area contributed by atoms with Gasteiger partial charge < -0.3 is 5.32 Å². The lowest BCUT2D eigenvalue weighted by Crippen LogP contribution is -2.23. The molecule has 1 atom stereocenters. The van der Waals surface area contributed by atoms with Gasteiger partial charge >= 0.3 is 0 Å². The van der Waals surface area contributed by atoms with Gasteiger partial charge in [0, 0.05) is 16.5 Å². The van der Waals surface area contributed by atoms with Crippen LogP contribution in [0.2, 0.25) is 0 Å². The summed E-state index contributed by atoms with van der Waals surface area (Å²) in [6.07, 6.45) is 3.72. The van der Waals surface area contributed by atoms with Gasteiger partial charge in [0.15, 0.2) is 0 Å². The third-order valence-corrected chi connectivity index (χ3v) is 4.41.